The van der Waals surface area contributed by atoms with Crippen LogP contribution in [-0.2, 0) is 9.84 Å². The second-order valence-electron chi connectivity index (χ2n) is 8.61. The molecule has 0 spiro atoms. The van der Waals surface area contributed by atoms with Crippen LogP contribution in [0.15, 0.2) is 119 Å². The van der Waals surface area contributed by atoms with Crippen molar-refractivity contribution in [2.45, 2.75) is 48.4 Å². The summed E-state index contributed by atoms with van der Waals surface area (Å²) in [6, 6.07) is 28.8. The van der Waals surface area contributed by atoms with Crippen molar-refractivity contribution in [2.24, 2.45) is 0 Å². The molecule has 0 amide bonds. The highest BCUT2D eigenvalue weighted by Gasteiger charge is 2.31. The Bertz CT molecular complexity index is 1340. The maximum Gasteiger partial charge on any atom is 0.368 e. The Morgan fingerprint density at radius 3 is 1.08 bits per heavy atom. The smallest absolute Gasteiger partial charge is 0.368 e. The highest BCUT2D eigenvalue weighted by Crippen LogP contribution is 2.29. The molecule has 4 rings (SSSR count). The zero-order valence-electron chi connectivity index (χ0n) is 21.6. The van der Waals surface area contributed by atoms with E-state index >= 15 is 0 Å². The van der Waals surface area contributed by atoms with Gasteiger partial charge in [0.15, 0.2) is 0 Å². The summed E-state index contributed by atoms with van der Waals surface area (Å²) < 4.78 is 48.8. The molecule has 0 aliphatic rings. The van der Waals surface area contributed by atoms with Gasteiger partial charge in [-0.1, -0.05) is 50.2 Å². The molecule has 9 heteroatoms. The van der Waals surface area contributed by atoms with Gasteiger partial charge in [0.05, 0.1) is 22.6 Å². The van der Waals surface area contributed by atoms with Gasteiger partial charge in [-0.2, -0.15) is 0 Å². The van der Waals surface area contributed by atoms with Gasteiger partial charge < -0.3 is 29.2 Å². The van der Waals surface area contributed by atoms with Crippen molar-refractivity contribution in [3.8, 4) is 23.0 Å². The Labute approximate surface area is 227 Å². The minimum Gasteiger partial charge on any atom is -0.430 e. The molecule has 39 heavy (non-hydrogen) atoms. The van der Waals surface area contributed by atoms with E-state index < -0.39 is 21.8 Å². The van der Waals surface area contributed by atoms with Crippen LogP contribution in [0.5, 0.6) is 23.0 Å². The third-order valence-electron chi connectivity index (χ3n) is 5.76. The Balaban J connectivity index is 1.45. The molecule has 204 valence electrons. The molecule has 0 bridgehead atoms. The summed E-state index contributed by atoms with van der Waals surface area (Å²) in [4.78, 5) is 0.0648. The first-order chi connectivity index (χ1) is 18.6. The molecule has 2 unspecified atom stereocenters. The zero-order chi connectivity index (χ0) is 27.9. The van der Waals surface area contributed by atoms with Crippen molar-refractivity contribution in [2.75, 3.05) is 0 Å². The van der Waals surface area contributed by atoms with E-state index in [-0.39, 0.29) is 34.1 Å². The normalized spacial score (nSPS) is 14.5. The molecule has 4 aromatic rings. The zero-order valence-corrected chi connectivity index (χ0v) is 22.4. The number of ether oxygens (including phenoxy) is 4. The average Bonchev–Trinajstić information content (AvgIpc) is 2.94. The second-order valence-corrected chi connectivity index (χ2v) is 10.6. The minimum atomic E-state index is -3.87. The number of sulfone groups is 1. The summed E-state index contributed by atoms with van der Waals surface area (Å²) in [5, 5.41) is 21.5. The van der Waals surface area contributed by atoms with Gasteiger partial charge in [0.25, 0.3) is 0 Å². The van der Waals surface area contributed by atoms with Crippen molar-refractivity contribution in [1.29, 1.82) is 0 Å². The number of para-hydroxylation sites is 2. The van der Waals surface area contributed by atoms with E-state index in [9.17, 15) is 18.6 Å². The van der Waals surface area contributed by atoms with Gasteiger partial charge in [0.1, 0.15) is 23.0 Å². The van der Waals surface area contributed by atoms with Gasteiger partial charge in [0.2, 0.25) is 9.84 Å². The lowest BCUT2D eigenvalue weighted by atomic mass is 10.3. The van der Waals surface area contributed by atoms with E-state index in [1.807, 2.05) is 12.1 Å². The first kappa shape index (κ1) is 28.0. The molecule has 0 heterocycles. The van der Waals surface area contributed by atoms with E-state index in [0.29, 0.717) is 11.5 Å². The maximum absolute atomic E-state index is 13.2. The van der Waals surface area contributed by atoms with E-state index in [4.69, 9.17) is 18.9 Å². The quantitative estimate of drug-likeness (QED) is 0.221. The van der Waals surface area contributed by atoms with Crippen LogP contribution in [0.3, 0.4) is 0 Å². The van der Waals surface area contributed by atoms with E-state index in [1.54, 1.807) is 62.4 Å². The molecule has 4 aromatic carbocycles. The second kappa shape index (κ2) is 11.8. The lowest BCUT2D eigenvalue weighted by Gasteiger charge is -2.28. The van der Waals surface area contributed by atoms with E-state index in [1.165, 1.54) is 48.5 Å². The number of benzene rings is 4. The molecule has 2 atom stereocenters. The van der Waals surface area contributed by atoms with Crippen LogP contribution >= 0.6 is 0 Å². The van der Waals surface area contributed by atoms with E-state index in [0.717, 1.165) is 0 Å². The Hall–Kier alpha value is -4.05. The summed E-state index contributed by atoms with van der Waals surface area (Å²) in [6.45, 7) is 3.40. The Morgan fingerprint density at radius 2 is 0.795 bits per heavy atom. The van der Waals surface area contributed by atoms with Crippen molar-refractivity contribution >= 4 is 9.84 Å². The topological polar surface area (TPSA) is 112 Å². The first-order valence-electron chi connectivity index (χ1n) is 12.4. The lowest BCUT2D eigenvalue weighted by molar-refractivity contribution is -0.274. The maximum atomic E-state index is 13.2. The fraction of sp³-hybridized carbons (Fsp3) is 0.200. The number of aliphatic hydroxyl groups is 2. The lowest BCUT2D eigenvalue weighted by Crippen LogP contribution is -2.41. The van der Waals surface area contributed by atoms with Gasteiger partial charge in [-0.25, -0.2) is 8.42 Å². The van der Waals surface area contributed by atoms with Crippen LogP contribution in [-0.4, -0.2) is 30.6 Å². The third kappa shape index (κ3) is 7.08. The van der Waals surface area contributed by atoms with Gasteiger partial charge in [-0.05, 0) is 72.8 Å². The third-order valence-corrected chi connectivity index (χ3v) is 7.54. The van der Waals surface area contributed by atoms with Crippen LogP contribution < -0.4 is 18.9 Å². The van der Waals surface area contributed by atoms with Gasteiger partial charge in [-0.15, -0.1) is 0 Å². The average molecular weight is 551 g/mol. The molecular weight excluding hydrogens is 520 g/mol. The van der Waals surface area contributed by atoms with Gasteiger partial charge in [-0.3, -0.25) is 0 Å². The predicted octanol–water partition coefficient (Wildman–Crippen LogP) is 5.55. The Kier molecular flexibility index (Phi) is 8.44. The molecule has 2 N–H and O–H groups in total. The molecule has 0 fully saturated rings. The van der Waals surface area contributed by atoms with E-state index in [2.05, 4.69) is 0 Å². The Morgan fingerprint density at radius 1 is 0.513 bits per heavy atom. The van der Waals surface area contributed by atoms with Crippen LogP contribution in [0.25, 0.3) is 0 Å². The number of hydrogen-bond acceptors (Lipinski definition) is 8. The summed E-state index contributed by atoms with van der Waals surface area (Å²) in [5.74, 6) is -2.54. The molecular formula is C30H30O8S. The molecule has 8 nitrogen and oxygen atoms in total. The van der Waals surface area contributed by atoms with Crippen LogP contribution in [0.1, 0.15) is 26.7 Å². The van der Waals surface area contributed by atoms with Crippen LogP contribution in [0, 0.1) is 0 Å². The highest BCUT2D eigenvalue weighted by atomic mass is 32.2. The summed E-state index contributed by atoms with van der Waals surface area (Å²) >= 11 is 0. The summed E-state index contributed by atoms with van der Waals surface area (Å²) in [7, 11) is -3.87. The fourth-order valence-corrected chi connectivity index (χ4v) is 4.81. The fourth-order valence-electron chi connectivity index (χ4n) is 3.55. The van der Waals surface area contributed by atoms with Crippen molar-refractivity contribution in [3.63, 3.8) is 0 Å². The SMILES string of the molecule is CCC(O)(Oc1ccccc1)Oc1ccc(S(=O)(=O)c2ccc(OC(O)(CC)Oc3ccccc3)cc2)cc1. The number of rotatable bonds is 12. The summed E-state index contributed by atoms with van der Waals surface area (Å²) in [5.41, 5.74) is 0. The minimum absolute atomic E-state index is 0.0324. The molecule has 0 saturated heterocycles. The predicted molar refractivity (Wildman–Crippen MR) is 144 cm³/mol. The molecule has 0 aliphatic carbocycles. The first-order valence-corrected chi connectivity index (χ1v) is 13.9. The van der Waals surface area contributed by atoms with Crippen molar-refractivity contribution < 1.29 is 37.6 Å². The number of hydrogen-bond donors (Lipinski definition) is 2. The molecule has 0 radical (unpaired) electrons. The van der Waals surface area contributed by atoms with Crippen molar-refractivity contribution in [1.82, 2.24) is 0 Å². The van der Waals surface area contributed by atoms with Crippen molar-refractivity contribution in [3.05, 3.63) is 109 Å². The molecule has 0 aliphatic heterocycles. The molecule has 0 aromatic heterocycles. The van der Waals surface area contributed by atoms with Crippen LogP contribution in [0.2, 0.25) is 0 Å². The standard InChI is InChI=1S/C30H30O8S/c1-3-29(31,35-23-11-7-5-8-12-23)37-25-15-19-27(20-16-25)39(33,34)28-21-17-26(18-22-28)38-30(32,4-2)36-24-13-9-6-10-14-24/h5-22,31-32H,3-4H2,1-2H3. The van der Waals surface area contributed by atoms with Crippen LogP contribution in [0.4, 0.5) is 0 Å². The monoisotopic (exact) mass is 550 g/mol. The van der Waals surface area contributed by atoms with Gasteiger partial charge in [0, 0.05) is 0 Å². The van der Waals surface area contributed by atoms with Gasteiger partial charge >= 0.3 is 11.9 Å². The highest BCUT2D eigenvalue weighted by molar-refractivity contribution is 7.91. The largest absolute Gasteiger partial charge is 0.430 e. The molecule has 0 saturated carbocycles. The summed E-state index contributed by atoms with van der Waals surface area (Å²) in [6.07, 6.45) is 0.250.